The van der Waals surface area contributed by atoms with E-state index in [1.54, 1.807) is 13.8 Å². The van der Waals surface area contributed by atoms with Gasteiger partial charge in [-0.1, -0.05) is 32.4 Å². The van der Waals surface area contributed by atoms with Crippen molar-refractivity contribution in [3.63, 3.8) is 0 Å². The number of alkyl halides is 2. The zero-order chi connectivity index (χ0) is 40.3. The number of amides is 5. The minimum absolute atomic E-state index is 0.0586. The molecule has 0 fully saturated rings. The number of aliphatic carboxylic acids is 1. The van der Waals surface area contributed by atoms with Crippen LogP contribution < -0.4 is 32.3 Å². The van der Waals surface area contributed by atoms with E-state index in [4.69, 9.17) is 45.3 Å². The summed E-state index contributed by atoms with van der Waals surface area (Å²) in [5, 5.41) is 61.1. The number of halogens is 3. The smallest absolute Gasteiger partial charge is 0.326 e. The van der Waals surface area contributed by atoms with Crippen molar-refractivity contribution < 1.29 is 63.8 Å². The minimum Gasteiger partial charge on any atom is -0.492 e. The number of carbonyl (C=O) groups is 7. The zero-order valence-corrected chi connectivity index (χ0v) is 31.2. The number of hydrogen-bond donors (Lipinski definition) is 11. The van der Waals surface area contributed by atoms with Gasteiger partial charge in [-0.3, -0.25) is 39.4 Å². The monoisotopic (exact) mass is 814 g/mol. The van der Waals surface area contributed by atoms with Gasteiger partial charge in [-0.05, 0) is 37.6 Å². The lowest BCUT2D eigenvalue weighted by atomic mass is 9.95. The topological polar surface area (TPSA) is 316 Å². The van der Waals surface area contributed by atoms with Crippen LogP contribution in [0.2, 0.25) is 0 Å². The van der Waals surface area contributed by atoms with Crippen molar-refractivity contribution in [2.24, 2.45) is 17.6 Å². The summed E-state index contributed by atoms with van der Waals surface area (Å²) in [6, 6.07) is -6.90. The van der Waals surface area contributed by atoms with Crippen LogP contribution in [-0.2, 0) is 38.3 Å². The lowest BCUT2D eigenvalue weighted by molar-refractivity contribution is -0.150. The molecular formula is C31H45Cl3N6O13. The van der Waals surface area contributed by atoms with E-state index in [1.807, 2.05) is 5.32 Å². The molecule has 12 N–H and O–H groups in total. The Balaban J connectivity index is 2.66. The molecule has 2 aliphatic rings. The van der Waals surface area contributed by atoms with Crippen molar-refractivity contribution in [1.82, 2.24) is 26.6 Å². The van der Waals surface area contributed by atoms with E-state index >= 15 is 0 Å². The molecule has 0 saturated heterocycles. The molecule has 0 aromatic carbocycles. The molecule has 53 heavy (non-hydrogen) atoms. The first-order valence-electron chi connectivity index (χ1n) is 16.4. The number of nitrogens with two attached hydrogens (primary N) is 1. The summed E-state index contributed by atoms with van der Waals surface area (Å²) in [7, 11) is 0. The van der Waals surface area contributed by atoms with Gasteiger partial charge in [-0.25, -0.2) is 4.79 Å². The lowest BCUT2D eigenvalue weighted by Crippen LogP contribution is -2.64. The van der Waals surface area contributed by atoms with Crippen LogP contribution in [0.3, 0.4) is 0 Å². The Bertz CT molecular complexity index is 1460. The predicted molar refractivity (Wildman–Crippen MR) is 186 cm³/mol. The summed E-state index contributed by atoms with van der Waals surface area (Å²) in [4.78, 5) is 90.3. The van der Waals surface area contributed by atoms with Gasteiger partial charge in [-0.2, -0.15) is 0 Å². The van der Waals surface area contributed by atoms with Gasteiger partial charge in [0.25, 0.3) is 11.8 Å². The molecule has 0 spiro atoms. The molecule has 1 heterocycles. The Morgan fingerprint density at radius 2 is 1.68 bits per heavy atom. The Kier molecular flexibility index (Phi) is 18.0. The van der Waals surface area contributed by atoms with E-state index in [2.05, 4.69) is 21.3 Å². The van der Waals surface area contributed by atoms with E-state index in [-0.39, 0.29) is 37.1 Å². The molecule has 0 aromatic heterocycles. The highest BCUT2D eigenvalue weighted by Crippen LogP contribution is 2.32. The molecule has 1 aliphatic heterocycles. The number of Topliss-reactive ketones (excluding diaryl/α,β-unsaturated/α-hetero) is 1. The maximum absolute atomic E-state index is 14.0. The van der Waals surface area contributed by atoms with Gasteiger partial charge in [0.05, 0.1) is 6.10 Å². The van der Waals surface area contributed by atoms with Crippen molar-refractivity contribution in [2.75, 3.05) is 6.54 Å². The fourth-order valence-corrected chi connectivity index (χ4v) is 5.77. The highest BCUT2D eigenvalue weighted by molar-refractivity contribution is 6.44. The van der Waals surface area contributed by atoms with E-state index < -0.39 is 125 Å². The number of carboxylic acid groups (broad SMARTS) is 1. The number of nitrogens with one attached hydrogen (secondary N) is 5. The molecule has 8 atom stereocenters. The largest absolute Gasteiger partial charge is 0.492 e. The standard InChI is InChI=1S/C31H45Cl3N6O13/c1-11(2)23-21(28(47)38-16(10-32)26(45)37-15(30(49)50)8-13-19(53-23)9-18(42)22(13)43)39-20(17(41)5-4-6-35)27(46)40-25(44)14(7-12(3)24(33)34)36-29(48)31(51)52/h10-12,14-15,17-18,20-21,23-24,31,39,41-42,51-52H,4-9,35H2,1-3H3,(H,36,48)(H,37,45)(H,38,47)(H,49,50)(H,40,44,46)/b16-10-/t12?,14-,15-,17-,18?,20-,21?,23-/m0/s1. The summed E-state index contributed by atoms with van der Waals surface area (Å²) < 4.78 is 6.15. The molecule has 298 valence electrons. The van der Waals surface area contributed by atoms with Crippen LogP contribution in [0.25, 0.3) is 0 Å². The molecule has 0 aromatic rings. The Labute approximate surface area is 319 Å². The molecule has 0 radical (unpaired) electrons. The van der Waals surface area contributed by atoms with E-state index in [1.165, 1.54) is 6.92 Å². The summed E-state index contributed by atoms with van der Waals surface area (Å²) in [6.45, 7) is 4.72. The van der Waals surface area contributed by atoms with Gasteiger partial charge in [0, 0.05) is 23.9 Å². The molecular weight excluding hydrogens is 771 g/mol. The highest BCUT2D eigenvalue weighted by Gasteiger charge is 2.44. The summed E-state index contributed by atoms with van der Waals surface area (Å²) in [5.74, 6) is -10.1. The van der Waals surface area contributed by atoms with Gasteiger partial charge >= 0.3 is 5.97 Å². The third-order valence-electron chi connectivity index (χ3n) is 8.37. The van der Waals surface area contributed by atoms with Gasteiger partial charge in [0.15, 0.2) is 5.78 Å². The average molecular weight is 816 g/mol. The van der Waals surface area contributed by atoms with E-state index in [9.17, 15) is 59.1 Å². The second-order valence-electron chi connectivity index (χ2n) is 12.8. The van der Waals surface area contributed by atoms with Gasteiger partial charge in [0.1, 0.15) is 52.7 Å². The fourth-order valence-electron chi connectivity index (χ4n) is 5.41. The third kappa shape index (κ3) is 12.9. The van der Waals surface area contributed by atoms with Crippen LogP contribution in [0.5, 0.6) is 0 Å². The van der Waals surface area contributed by atoms with Crippen LogP contribution in [0.4, 0.5) is 0 Å². The number of rotatable bonds is 15. The molecule has 22 heteroatoms. The SMILES string of the molecule is CC(C[C@H](NC(=O)C(O)O)C(=O)NC(=O)[C@@H](NC1C(=O)N/C(=C\Cl)C(=O)N[C@H](C(=O)O)CC2=C(CC(O)C2=O)O[C@H]1C(C)C)[C@@H](O)CCCN)C(Cl)Cl. The van der Waals surface area contributed by atoms with Crippen molar-refractivity contribution in [1.29, 1.82) is 0 Å². The maximum atomic E-state index is 14.0. The van der Waals surface area contributed by atoms with Crippen molar-refractivity contribution in [3.05, 3.63) is 22.6 Å². The van der Waals surface area contributed by atoms with Crippen molar-refractivity contribution in [3.8, 4) is 0 Å². The van der Waals surface area contributed by atoms with Crippen LogP contribution in [0.1, 0.15) is 52.9 Å². The normalized spacial score (nSPS) is 24.3. The number of ether oxygens (including phenoxy) is 1. The first kappa shape index (κ1) is 45.8. The number of imide groups is 1. The molecule has 0 bridgehead atoms. The molecule has 5 amide bonds. The summed E-state index contributed by atoms with van der Waals surface area (Å²) >= 11 is 17.6. The molecule has 2 rings (SSSR count). The second kappa shape index (κ2) is 20.9. The Hall–Kier alpha value is -3.40. The quantitative estimate of drug-likeness (QED) is 0.0462. The minimum atomic E-state index is -2.53. The highest BCUT2D eigenvalue weighted by atomic mass is 35.5. The second-order valence-corrected chi connectivity index (χ2v) is 14.2. The Morgan fingerprint density at radius 3 is 2.21 bits per heavy atom. The molecule has 1 aliphatic carbocycles. The van der Waals surface area contributed by atoms with Crippen molar-refractivity contribution in [2.45, 2.75) is 106 Å². The average Bonchev–Trinajstić information content (AvgIpc) is 3.34. The number of ketones is 1. The Morgan fingerprint density at radius 1 is 1.04 bits per heavy atom. The zero-order valence-electron chi connectivity index (χ0n) is 28.9. The van der Waals surface area contributed by atoms with E-state index in [0.29, 0.717) is 5.54 Å². The van der Waals surface area contributed by atoms with E-state index in [0.717, 1.165) is 0 Å². The third-order valence-corrected chi connectivity index (χ3v) is 9.45. The molecule has 0 saturated carbocycles. The number of aliphatic hydroxyl groups excluding tert-OH is 3. The van der Waals surface area contributed by atoms with Gasteiger partial charge in [-0.15, -0.1) is 23.2 Å². The fraction of sp³-hybridized carbons (Fsp3) is 0.645. The van der Waals surface area contributed by atoms with Gasteiger partial charge < -0.3 is 52.0 Å². The number of aliphatic hydroxyl groups is 4. The van der Waals surface area contributed by atoms with Crippen LogP contribution in [0, 0.1) is 11.8 Å². The summed E-state index contributed by atoms with van der Waals surface area (Å²) in [6.07, 6.45) is -8.56. The predicted octanol–water partition coefficient (Wildman–Crippen LogP) is -2.52. The number of carbonyl (C=O) groups excluding carboxylic acids is 6. The van der Waals surface area contributed by atoms with Crippen LogP contribution in [-0.4, -0.2) is 127 Å². The number of hydrogen-bond acceptors (Lipinski definition) is 14. The maximum Gasteiger partial charge on any atom is 0.326 e. The lowest BCUT2D eigenvalue weighted by Gasteiger charge is -2.35. The first-order chi connectivity index (χ1) is 24.7. The van der Waals surface area contributed by atoms with Crippen molar-refractivity contribution >= 4 is 76.1 Å². The molecule has 19 nitrogen and oxygen atoms in total. The van der Waals surface area contributed by atoms with Crippen LogP contribution in [0.15, 0.2) is 22.6 Å². The van der Waals surface area contributed by atoms with Crippen LogP contribution >= 0.6 is 34.8 Å². The number of carboxylic acids is 1. The van der Waals surface area contributed by atoms with Gasteiger partial charge in [0.2, 0.25) is 24.0 Å². The first-order valence-corrected chi connectivity index (χ1v) is 17.7. The molecule has 3 unspecified atom stereocenters. The summed E-state index contributed by atoms with van der Waals surface area (Å²) in [5.41, 5.74) is 5.31.